The SMILES string of the molecule is CCNC(=NCc1cccc(OC)n1)NCCOc1ccccc1. The molecule has 0 unspecified atom stereocenters. The Morgan fingerprint density at radius 3 is 2.67 bits per heavy atom. The smallest absolute Gasteiger partial charge is 0.213 e. The van der Waals surface area contributed by atoms with E-state index in [1.54, 1.807) is 7.11 Å². The van der Waals surface area contributed by atoms with Gasteiger partial charge in [-0.15, -0.1) is 0 Å². The molecule has 0 bridgehead atoms. The highest BCUT2D eigenvalue weighted by Gasteiger charge is 2.00. The van der Waals surface area contributed by atoms with E-state index >= 15 is 0 Å². The summed E-state index contributed by atoms with van der Waals surface area (Å²) in [5.74, 6) is 2.19. The van der Waals surface area contributed by atoms with E-state index in [1.165, 1.54) is 0 Å². The molecule has 0 fully saturated rings. The fourth-order valence-corrected chi connectivity index (χ4v) is 2.02. The number of guanidine groups is 1. The van der Waals surface area contributed by atoms with Gasteiger partial charge in [-0.1, -0.05) is 24.3 Å². The van der Waals surface area contributed by atoms with E-state index in [9.17, 15) is 0 Å². The van der Waals surface area contributed by atoms with Crippen LogP contribution in [0.1, 0.15) is 12.6 Å². The Bertz CT molecular complexity index is 632. The second-order valence-corrected chi connectivity index (χ2v) is 4.95. The molecule has 2 N–H and O–H groups in total. The summed E-state index contributed by atoms with van der Waals surface area (Å²) in [4.78, 5) is 8.87. The van der Waals surface area contributed by atoms with E-state index in [-0.39, 0.29) is 0 Å². The monoisotopic (exact) mass is 328 g/mol. The van der Waals surface area contributed by atoms with Crippen LogP contribution in [0.15, 0.2) is 53.5 Å². The van der Waals surface area contributed by atoms with Crippen molar-refractivity contribution in [2.75, 3.05) is 26.8 Å². The first-order chi connectivity index (χ1) is 11.8. The van der Waals surface area contributed by atoms with Crippen molar-refractivity contribution in [3.8, 4) is 11.6 Å². The largest absolute Gasteiger partial charge is 0.492 e. The third-order valence-electron chi connectivity index (χ3n) is 3.14. The van der Waals surface area contributed by atoms with Crippen molar-refractivity contribution in [1.82, 2.24) is 15.6 Å². The summed E-state index contributed by atoms with van der Waals surface area (Å²) in [5, 5.41) is 6.45. The summed E-state index contributed by atoms with van der Waals surface area (Å²) in [5.41, 5.74) is 0.854. The Morgan fingerprint density at radius 2 is 1.92 bits per heavy atom. The third-order valence-corrected chi connectivity index (χ3v) is 3.14. The first-order valence-electron chi connectivity index (χ1n) is 8.01. The van der Waals surface area contributed by atoms with Crippen molar-refractivity contribution in [2.45, 2.75) is 13.5 Å². The fourth-order valence-electron chi connectivity index (χ4n) is 2.02. The van der Waals surface area contributed by atoms with Crippen LogP contribution < -0.4 is 20.1 Å². The van der Waals surface area contributed by atoms with E-state index < -0.39 is 0 Å². The average molecular weight is 328 g/mol. The van der Waals surface area contributed by atoms with Crippen molar-refractivity contribution < 1.29 is 9.47 Å². The molecule has 0 spiro atoms. The number of aliphatic imine (C=N–C) groups is 1. The summed E-state index contributed by atoms with van der Waals surface area (Å²) in [6.45, 7) is 4.52. The number of para-hydroxylation sites is 1. The van der Waals surface area contributed by atoms with E-state index in [0.717, 1.165) is 23.9 Å². The molecule has 0 aliphatic rings. The van der Waals surface area contributed by atoms with Gasteiger partial charge in [-0.05, 0) is 25.1 Å². The Hall–Kier alpha value is -2.76. The molecule has 1 aromatic carbocycles. The Morgan fingerprint density at radius 1 is 1.08 bits per heavy atom. The number of rotatable bonds is 8. The van der Waals surface area contributed by atoms with Gasteiger partial charge in [0.05, 0.1) is 25.9 Å². The lowest BCUT2D eigenvalue weighted by atomic mass is 10.3. The van der Waals surface area contributed by atoms with Gasteiger partial charge < -0.3 is 20.1 Å². The standard InChI is InChI=1S/C18H24N4O2/c1-3-19-18(20-12-13-24-16-9-5-4-6-10-16)21-14-15-8-7-11-17(22-15)23-2/h4-11H,3,12-14H2,1-2H3,(H2,19,20,21). The first-order valence-corrected chi connectivity index (χ1v) is 8.01. The first kappa shape index (κ1) is 17.6. The fraction of sp³-hybridized carbons (Fsp3) is 0.333. The van der Waals surface area contributed by atoms with E-state index in [0.29, 0.717) is 25.6 Å². The quantitative estimate of drug-likeness (QED) is 0.442. The van der Waals surface area contributed by atoms with E-state index in [2.05, 4.69) is 20.6 Å². The van der Waals surface area contributed by atoms with Crippen LogP contribution >= 0.6 is 0 Å². The maximum atomic E-state index is 5.65. The lowest BCUT2D eigenvalue weighted by Gasteiger charge is -2.12. The lowest BCUT2D eigenvalue weighted by molar-refractivity contribution is 0.322. The zero-order chi connectivity index (χ0) is 17.0. The molecule has 0 atom stereocenters. The van der Waals surface area contributed by atoms with Gasteiger partial charge in [0.1, 0.15) is 12.4 Å². The number of benzene rings is 1. The molecule has 0 amide bonds. The van der Waals surface area contributed by atoms with Gasteiger partial charge in [0, 0.05) is 12.6 Å². The van der Waals surface area contributed by atoms with Gasteiger partial charge in [0.15, 0.2) is 5.96 Å². The number of methoxy groups -OCH3 is 1. The summed E-state index contributed by atoms with van der Waals surface area (Å²) in [6, 6.07) is 15.4. The normalized spacial score (nSPS) is 11.0. The summed E-state index contributed by atoms with van der Waals surface area (Å²) in [6.07, 6.45) is 0. The molecular formula is C18H24N4O2. The topological polar surface area (TPSA) is 67.8 Å². The van der Waals surface area contributed by atoms with Crippen LogP contribution in [-0.4, -0.2) is 37.7 Å². The van der Waals surface area contributed by atoms with Gasteiger partial charge >= 0.3 is 0 Å². The zero-order valence-corrected chi connectivity index (χ0v) is 14.2. The second kappa shape index (κ2) is 10.1. The second-order valence-electron chi connectivity index (χ2n) is 4.95. The van der Waals surface area contributed by atoms with E-state index in [4.69, 9.17) is 9.47 Å². The van der Waals surface area contributed by atoms with Gasteiger partial charge in [0.2, 0.25) is 5.88 Å². The number of pyridine rings is 1. The van der Waals surface area contributed by atoms with Crippen molar-refractivity contribution >= 4 is 5.96 Å². The van der Waals surface area contributed by atoms with Crippen LogP contribution in [0, 0.1) is 0 Å². The van der Waals surface area contributed by atoms with Crippen LogP contribution in [0.2, 0.25) is 0 Å². The van der Waals surface area contributed by atoms with Crippen LogP contribution in [0.4, 0.5) is 0 Å². The van der Waals surface area contributed by atoms with Gasteiger partial charge in [-0.3, -0.25) is 0 Å². The van der Waals surface area contributed by atoms with Crippen molar-refractivity contribution in [3.63, 3.8) is 0 Å². The third kappa shape index (κ3) is 6.16. The molecule has 0 saturated heterocycles. The molecule has 0 radical (unpaired) electrons. The maximum Gasteiger partial charge on any atom is 0.213 e. The summed E-state index contributed by atoms with van der Waals surface area (Å²) >= 11 is 0. The van der Waals surface area contributed by atoms with Gasteiger partial charge in [0.25, 0.3) is 0 Å². The minimum atomic E-state index is 0.478. The van der Waals surface area contributed by atoms with Crippen molar-refractivity contribution in [2.24, 2.45) is 4.99 Å². The van der Waals surface area contributed by atoms with E-state index in [1.807, 2.05) is 55.5 Å². The summed E-state index contributed by atoms with van der Waals surface area (Å²) in [7, 11) is 1.60. The summed E-state index contributed by atoms with van der Waals surface area (Å²) < 4.78 is 10.8. The van der Waals surface area contributed by atoms with Gasteiger partial charge in [-0.2, -0.15) is 0 Å². The van der Waals surface area contributed by atoms with Crippen molar-refractivity contribution in [1.29, 1.82) is 0 Å². The van der Waals surface area contributed by atoms with Gasteiger partial charge in [-0.25, -0.2) is 9.98 Å². The maximum absolute atomic E-state index is 5.65. The molecule has 1 heterocycles. The number of aromatic nitrogens is 1. The Labute approximate surface area is 142 Å². The molecule has 0 saturated carbocycles. The van der Waals surface area contributed by atoms with Crippen molar-refractivity contribution in [3.05, 3.63) is 54.2 Å². The molecule has 2 aromatic rings. The molecular weight excluding hydrogens is 304 g/mol. The molecule has 24 heavy (non-hydrogen) atoms. The molecule has 2 rings (SSSR count). The molecule has 6 nitrogen and oxygen atoms in total. The molecule has 0 aliphatic carbocycles. The van der Waals surface area contributed by atoms with Crippen LogP contribution in [0.25, 0.3) is 0 Å². The van der Waals surface area contributed by atoms with Crippen LogP contribution in [-0.2, 0) is 6.54 Å². The van der Waals surface area contributed by atoms with Crippen LogP contribution in [0.3, 0.4) is 0 Å². The highest BCUT2D eigenvalue weighted by Crippen LogP contribution is 2.08. The highest BCUT2D eigenvalue weighted by molar-refractivity contribution is 5.79. The number of hydrogen-bond acceptors (Lipinski definition) is 4. The molecule has 0 aliphatic heterocycles. The predicted molar refractivity (Wildman–Crippen MR) is 95.5 cm³/mol. The zero-order valence-electron chi connectivity index (χ0n) is 14.2. The Balaban J connectivity index is 1.81. The average Bonchev–Trinajstić information content (AvgIpc) is 2.64. The minimum absolute atomic E-state index is 0.478. The number of hydrogen-bond donors (Lipinski definition) is 2. The highest BCUT2D eigenvalue weighted by atomic mass is 16.5. The molecule has 6 heteroatoms. The Kier molecular flexibility index (Phi) is 7.40. The number of nitrogens with zero attached hydrogens (tertiary/aromatic N) is 2. The number of nitrogens with one attached hydrogen (secondary N) is 2. The van der Waals surface area contributed by atoms with Crippen LogP contribution in [0.5, 0.6) is 11.6 Å². The molecule has 1 aromatic heterocycles. The molecule has 128 valence electrons. The minimum Gasteiger partial charge on any atom is -0.492 e. The lowest BCUT2D eigenvalue weighted by Crippen LogP contribution is -2.39. The predicted octanol–water partition coefficient (Wildman–Crippen LogP) is 2.22. The number of ether oxygens (including phenoxy) is 2.